The van der Waals surface area contributed by atoms with Crippen molar-refractivity contribution in [2.75, 3.05) is 0 Å². The molecule has 5 nitrogen and oxygen atoms in total. The fourth-order valence-corrected chi connectivity index (χ4v) is 5.33. The van der Waals surface area contributed by atoms with Crippen LogP contribution in [-0.2, 0) is 18.7 Å². The minimum absolute atomic E-state index is 0.0219. The highest BCUT2D eigenvalue weighted by molar-refractivity contribution is 6.74. The summed E-state index contributed by atoms with van der Waals surface area (Å²) in [5, 5.41) is 11.3. The van der Waals surface area contributed by atoms with Crippen LogP contribution in [0, 0.1) is 5.41 Å². The van der Waals surface area contributed by atoms with Crippen molar-refractivity contribution >= 4 is 14.3 Å². The highest BCUT2D eigenvalue weighted by atomic mass is 28.4. The zero-order valence-electron chi connectivity index (χ0n) is 18.2. The molecule has 1 heterocycles. The average molecular weight is 387 g/mol. The SMILES string of the molecule is CC(C)(C)O[C@H]1C[C@H](O[Si](C)(C)C(C)(C)C)[C@]2(C)OC(=O)C[C@@]1(C)[C@@H]2O. The molecule has 0 radical (unpaired) electrons. The molecular weight excluding hydrogens is 348 g/mol. The molecule has 5 atom stereocenters. The summed E-state index contributed by atoms with van der Waals surface area (Å²) in [5.41, 5.74) is -2.09. The molecule has 0 unspecified atom stereocenters. The van der Waals surface area contributed by atoms with Gasteiger partial charge < -0.3 is 19.0 Å². The third kappa shape index (κ3) is 3.75. The van der Waals surface area contributed by atoms with Gasteiger partial charge >= 0.3 is 5.97 Å². The van der Waals surface area contributed by atoms with Gasteiger partial charge in [-0.25, -0.2) is 0 Å². The number of aliphatic hydroxyl groups is 1. The summed E-state index contributed by atoms with van der Waals surface area (Å²) in [5.74, 6) is -0.286. The molecule has 2 bridgehead atoms. The molecule has 6 heteroatoms. The van der Waals surface area contributed by atoms with E-state index in [0.717, 1.165) is 0 Å². The van der Waals surface area contributed by atoms with Crippen molar-refractivity contribution in [3.8, 4) is 0 Å². The van der Waals surface area contributed by atoms with E-state index in [1.807, 2.05) is 34.6 Å². The minimum atomic E-state index is -2.12. The standard InChI is InChI=1S/C20H38O5Si/c1-17(2,3)23-13-11-14(25-26(9,10)18(4,5)6)20(8)16(22)19(13,7)12-15(21)24-20/h13-14,16,22H,11-12H2,1-10H3/t13-,14-,16-,19+,20-/m0/s1. The molecular formula is C20H38O5Si. The summed E-state index contributed by atoms with van der Waals surface area (Å²) in [7, 11) is -2.12. The predicted octanol–water partition coefficient (Wildman–Crippen LogP) is 4.04. The summed E-state index contributed by atoms with van der Waals surface area (Å²) >= 11 is 0. The lowest BCUT2D eigenvalue weighted by Crippen LogP contribution is -2.72. The summed E-state index contributed by atoms with van der Waals surface area (Å²) in [6, 6.07) is 0. The van der Waals surface area contributed by atoms with Crippen LogP contribution in [0.2, 0.25) is 18.1 Å². The van der Waals surface area contributed by atoms with Gasteiger partial charge in [0.2, 0.25) is 0 Å². The molecule has 1 N–H and O–H groups in total. The summed E-state index contributed by atoms with van der Waals surface area (Å²) in [6.07, 6.45) is -0.710. The van der Waals surface area contributed by atoms with E-state index in [2.05, 4.69) is 33.9 Å². The Balaban J connectivity index is 2.44. The number of ether oxygens (including phenoxy) is 2. The number of hydrogen-bond acceptors (Lipinski definition) is 5. The number of carbonyl (C=O) groups is 1. The van der Waals surface area contributed by atoms with Crippen LogP contribution < -0.4 is 0 Å². The second-order valence-corrected chi connectivity index (χ2v) is 15.8. The highest BCUT2D eigenvalue weighted by Gasteiger charge is 2.66. The number of rotatable bonds is 3. The molecule has 2 rings (SSSR count). The van der Waals surface area contributed by atoms with E-state index in [1.54, 1.807) is 0 Å². The molecule has 0 spiro atoms. The van der Waals surface area contributed by atoms with Gasteiger partial charge in [0.15, 0.2) is 13.9 Å². The molecule has 152 valence electrons. The van der Waals surface area contributed by atoms with Crippen LogP contribution in [0.4, 0.5) is 0 Å². The Kier molecular flexibility index (Phi) is 5.29. The van der Waals surface area contributed by atoms with Gasteiger partial charge in [-0.1, -0.05) is 27.7 Å². The first-order chi connectivity index (χ1) is 11.4. The third-order valence-corrected chi connectivity index (χ3v) is 11.1. The van der Waals surface area contributed by atoms with Crippen LogP contribution >= 0.6 is 0 Å². The second kappa shape index (κ2) is 6.29. The van der Waals surface area contributed by atoms with Gasteiger partial charge in [0.25, 0.3) is 0 Å². The molecule has 1 aliphatic heterocycles. The van der Waals surface area contributed by atoms with Crippen molar-refractivity contribution in [1.82, 2.24) is 0 Å². The maximum atomic E-state index is 12.4. The van der Waals surface area contributed by atoms with Gasteiger partial charge in [-0.15, -0.1) is 0 Å². The Hall–Kier alpha value is -0.433. The minimum Gasteiger partial charge on any atom is -0.454 e. The van der Waals surface area contributed by atoms with Crippen molar-refractivity contribution in [3.63, 3.8) is 0 Å². The Morgan fingerprint density at radius 2 is 1.65 bits per heavy atom. The van der Waals surface area contributed by atoms with Gasteiger partial charge in [-0.05, 0) is 45.8 Å². The van der Waals surface area contributed by atoms with Crippen LogP contribution in [0.15, 0.2) is 0 Å². The number of esters is 1. The van der Waals surface area contributed by atoms with E-state index in [4.69, 9.17) is 13.9 Å². The lowest BCUT2D eigenvalue weighted by Gasteiger charge is -2.60. The molecule has 2 aliphatic rings. The van der Waals surface area contributed by atoms with Crippen LogP contribution in [0.3, 0.4) is 0 Å². The first-order valence-corrected chi connectivity index (χ1v) is 12.6. The largest absolute Gasteiger partial charge is 0.454 e. The van der Waals surface area contributed by atoms with Crippen molar-refractivity contribution < 1.29 is 23.8 Å². The van der Waals surface area contributed by atoms with Crippen LogP contribution in [0.1, 0.15) is 68.2 Å². The fourth-order valence-electron chi connectivity index (χ4n) is 3.94. The summed E-state index contributed by atoms with van der Waals surface area (Å²) in [4.78, 5) is 12.4. The molecule has 2 fully saturated rings. The quantitative estimate of drug-likeness (QED) is 0.586. The third-order valence-electron chi connectivity index (χ3n) is 6.57. The van der Waals surface area contributed by atoms with Crippen molar-refractivity contribution in [1.29, 1.82) is 0 Å². The maximum absolute atomic E-state index is 12.4. The molecule has 0 aromatic carbocycles. The van der Waals surface area contributed by atoms with Gasteiger partial charge in [0.1, 0.15) is 6.10 Å². The van der Waals surface area contributed by atoms with Crippen LogP contribution in [-0.4, -0.2) is 48.9 Å². The Bertz CT molecular complexity index is 562. The Morgan fingerprint density at radius 1 is 1.12 bits per heavy atom. The predicted molar refractivity (Wildman–Crippen MR) is 105 cm³/mol. The Labute approximate surface area is 159 Å². The van der Waals surface area contributed by atoms with Gasteiger partial charge in [0, 0.05) is 11.8 Å². The van der Waals surface area contributed by atoms with Gasteiger partial charge in [0.05, 0.1) is 24.2 Å². The normalized spacial score (nSPS) is 38.9. The van der Waals surface area contributed by atoms with E-state index in [9.17, 15) is 9.90 Å². The number of fused-ring (bicyclic) bond motifs is 2. The highest BCUT2D eigenvalue weighted by Crippen LogP contribution is 2.53. The van der Waals surface area contributed by atoms with Crippen molar-refractivity contribution in [2.45, 2.75) is 116 Å². The van der Waals surface area contributed by atoms with Crippen molar-refractivity contribution in [3.05, 3.63) is 0 Å². The first-order valence-electron chi connectivity index (χ1n) is 9.68. The van der Waals surface area contributed by atoms with Crippen molar-refractivity contribution in [2.24, 2.45) is 5.41 Å². The topological polar surface area (TPSA) is 65.0 Å². The van der Waals surface area contributed by atoms with E-state index < -0.39 is 25.4 Å². The summed E-state index contributed by atoms with van der Waals surface area (Å²) < 4.78 is 18.7. The van der Waals surface area contributed by atoms with E-state index in [0.29, 0.717) is 6.42 Å². The number of aliphatic hydroxyl groups excluding tert-OH is 1. The van der Waals surface area contributed by atoms with E-state index in [1.165, 1.54) is 0 Å². The molecule has 1 aliphatic carbocycles. The monoisotopic (exact) mass is 386 g/mol. The maximum Gasteiger partial charge on any atom is 0.307 e. The van der Waals surface area contributed by atoms with Gasteiger partial charge in [-0.3, -0.25) is 4.79 Å². The molecule has 0 aromatic rings. The number of hydrogen-bond donors (Lipinski definition) is 1. The zero-order chi connectivity index (χ0) is 20.3. The molecule has 0 aromatic heterocycles. The summed E-state index contributed by atoms with van der Waals surface area (Å²) in [6.45, 7) is 20.7. The molecule has 0 amide bonds. The fraction of sp³-hybridized carbons (Fsp3) is 0.950. The zero-order valence-corrected chi connectivity index (χ0v) is 19.2. The Morgan fingerprint density at radius 3 is 2.12 bits per heavy atom. The van der Waals surface area contributed by atoms with E-state index >= 15 is 0 Å². The first kappa shape index (κ1) is 21.9. The van der Waals surface area contributed by atoms with Crippen LogP contribution in [0.25, 0.3) is 0 Å². The average Bonchev–Trinajstić information content (AvgIpc) is 2.38. The van der Waals surface area contributed by atoms with E-state index in [-0.39, 0.29) is 35.2 Å². The molecule has 1 saturated heterocycles. The second-order valence-electron chi connectivity index (χ2n) is 11.1. The molecule has 26 heavy (non-hydrogen) atoms. The van der Waals surface area contributed by atoms with Gasteiger partial charge in [-0.2, -0.15) is 0 Å². The number of carbonyl (C=O) groups excluding carboxylic acids is 1. The lowest BCUT2D eigenvalue weighted by molar-refractivity contribution is -0.286. The lowest BCUT2D eigenvalue weighted by atomic mass is 9.60. The smallest absolute Gasteiger partial charge is 0.307 e. The molecule has 1 saturated carbocycles. The van der Waals surface area contributed by atoms with Crippen LogP contribution in [0.5, 0.6) is 0 Å².